The van der Waals surface area contributed by atoms with Gasteiger partial charge in [0.2, 0.25) is 0 Å². The number of fused-ring (bicyclic) bond motifs is 1. The third kappa shape index (κ3) is 4.74. The number of aliphatic hydroxyl groups is 3. The molecule has 6 heteroatoms. The van der Waals surface area contributed by atoms with E-state index in [-0.39, 0.29) is 6.42 Å². The quantitative estimate of drug-likeness (QED) is 0.611. The second kappa shape index (κ2) is 9.61. The van der Waals surface area contributed by atoms with Crippen molar-refractivity contribution >= 4 is 27.2 Å². The number of hydrogen-bond donors (Lipinski definition) is 3. The minimum atomic E-state index is -1.09. The normalized spacial score (nSPS) is 21.7. The number of carbonyl (C=O) groups is 1. The molecule has 1 aliphatic heterocycles. The maximum absolute atomic E-state index is 11.8. The molecule has 0 aliphatic carbocycles. The fourth-order valence-electron chi connectivity index (χ4n) is 3.60. The largest absolute Gasteiger partial charge is 0.400 e. The van der Waals surface area contributed by atoms with Crippen LogP contribution in [0.25, 0.3) is 10.1 Å². The zero-order chi connectivity index (χ0) is 21.0. The SMILES string of the molecule is CO.Cc1ccc(C2CC(O)C(=O)C(CO)O2)cc1Cc1cc2ccccc2s1. The molecule has 0 amide bonds. The Morgan fingerprint density at radius 1 is 1.14 bits per heavy atom. The summed E-state index contributed by atoms with van der Waals surface area (Å²) >= 11 is 1.80. The van der Waals surface area contributed by atoms with Gasteiger partial charge in [-0.05, 0) is 41.1 Å². The highest BCUT2D eigenvalue weighted by molar-refractivity contribution is 7.19. The standard InChI is InChI=1S/C22H22O4S.CH4O/c1-13-6-7-14(19-11-18(24)22(25)20(12-23)26-19)8-16(13)10-17-9-15-4-2-3-5-21(15)27-17;1-2/h2-9,18-20,23-24H,10-12H2,1H3;2H,1H3. The lowest BCUT2D eigenvalue weighted by Gasteiger charge is -2.31. The van der Waals surface area contributed by atoms with E-state index in [0.717, 1.165) is 19.1 Å². The van der Waals surface area contributed by atoms with Crippen LogP contribution >= 0.6 is 11.3 Å². The van der Waals surface area contributed by atoms with Crippen molar-refractivity contribution in [3.63, 3.8) is 0 Å². The number of benzene rings is 2. The zero-order valence-corrected chi connectivity index (χ0v) is 17.4. The third-order valence-corrected chi connectivity index (χ3v) is 6.28. The van der Waals surface area contributed by atoms with E-state index in [0.29, 0.717) is 0 Å². The molecule has 2 aromatic carbocycles. The van der Waals surface area contributed by atoms with Gasteiger partial charge in [-0.3, -0.25) is 4.79 Å². The Morgan fingerprint density at radius 2 is 1.90 bits per heavy atom. The number of Topliss-reactive ketones (excluding diaryl/α,β-unsaturated/α-hetero) is 1. The summed E-state index contributed by atoms with van der Waals surface area (Å²) in [5, 5.41) is 27.6. The summed E-state index contributed by atoms with van der Waals surface area (Å²) in [5.41, 5.74) is 3.33. The van der Waals surface area contributed by atoms with Crippen LogP contribution in [0.1, 0.15) is 34.1 Å². The molecule has 0 saturated carbocycles. The molecular weight excluding hydrogens is 388 g/mol. The van der Waals surface area contributed by atoms with Crippen LogP contribution in [0.15, 0.2) is 48.5 Å². The lowest BCUT2D eigenvalue weighted by Crippen LogP contribution is -2.43. The molecule has 0 spiro atoms. The lowest BCUT2D eigenvalue weighted by atomic mass is 9.92. The van der Waals surface area contributed by atoms with Gasteiger partial charge in [-0.1, -0.05) is 36.4 Å². The number of aryl methyl sites for hydroxylation is 1. The molecule has 29 heavy (non-hydrogen) atoms. The van der Waals surface area contributed by atoms with Gasteiger partial charge in [0.05, 0.1) is 12.7 Å². The van der Waals surface area contributed by atoms with Crippen LogP contribution in [-0.4, -0.2) is 47.0 Å². The fourth-order valence-corrected chi connectivity index (χ4v) is 4.68. The molecule has 5 nitrogen and oxygen atoms in total. The van der Waals surface area contributed by atoms with Crippen molar-refractivity contribution in [3.8, 4) is 0 Å². The Morgan fingerprint density at radius 3 is 2.62 bits per heavy atom. The van der Waals surface area contributed by atoms with Gasteiger partial charge >= 0.3 is 0 Å². The van der Waals surface area contributed by atoms with Gasteiger partial charge in [-0.25, -0.2) is 0 Å². The number of rotatable bonds is 4. The molecule has 0 bridgehead atoms. The zero-order valence-electron chi connectivity index (χ0n) is 16.5. The van der Waals surface area contributed by atoms with Gasteiger partial charge in [-0.15, -0.1) is 11.3 Å². The summed E-state index contributed by atoms with van der Waals surface area (Å²) in [4.78, 5) is 13.1. The number of ether oxygens (including phenoxy) is 1. The smallest absolute Gasteiger partial charge is 0.192 e. The Labute approximate surface area is 174 Å². The molecule has 3 N–H and O–H groups in total. The monoisotopic (exact) mass is 414 g/mol. The Balaban J connectivity index is 0.00000117. The first-order valence-corrected chi connectivity index (χ1v) is 10.4. The topological polar surface area (TPSA) is 87.0 Å². The van der Waals surface area contributed by atoms with E-state index in [1.54, 1.807) is 11.3 Å². The summed E-state index contributed by atoms with van der Waals surface area (Å²) in [7, 11) is 1.00. The average Bonchev–Trinajstić information content (AvgIpc) is 3.15. The molecule has 1 saturated heterocycles. The minimum absolute atomic E-state index is 0.223. The van der Waals surface area contributed by atoms with Crippen LogP contribution in [0.5, 0.6) is 0 Å². The minimum Gasteiger partial charge on any atom is -0.400 e. The predicted molar refractivity (Wildman–Crippen MR) is 114 cm³/mol. The molecule has 3 atom stereocenters. The van der Waals surface area contributed by atoms with Gasteiger partial charge in [0, 0.05) is 29.5 Å². The van der Waals surface area contributed by atoms with Crippen molar-refractivity contribution in [1.82, 2.24) is 0 Å². The molecule has 1 fully saturated rings. The average molecular weight is 415 g/mol. The maximum Gasteiger partial charge on any atom is 0.192 e. The number of ketones is 1. The highest BCUT2D eigenvalue weighted by atomic mass is 32.1. The number of hydrogen-bond acceptors (Lipinski definition) is 6. The molecule has 1 aromatic heterocycles. The van der Waals surface area contributed by atoms with Gasteiger partial charge in [0.15, 0.2) is 5.78 Å². The van der Waals surface area contributed by atoms with E-state index in [2.05, 4.69) is 49.4 Å². The van der Waals surface area contributed by atoms with Crippen LogP contribution in [0, 0.1) is 6.92 Å². The molecule has 3 unspecified atom stereocenters. The highest BCUT2D eigenvalue weighted by Gasteiger charge is 2.36. The van der Waals surface area contributed by atoms with E-state index >= 15 is 0 Å². The summed E-state index contributed by atoms with van der Waals surface area (Å²) < 4.78 is 7.02. The molecular formula is C23H26O5S. The Hall–Kier alpha value is -2.09. The molecule has 1 aliphatic rings. The van der Waals surface area contributed by atoms with Crippen molar-refractivity contribution in [1.29, 1.82) is 0 Å². The summed E-state index contributed by atoms with van der Waals surface area (Å²) in [6, 6.07) is 16.7. The number of carbonyl (C=O) groups excluding carboxylic acids is 1. The maximum atomic E-state index is 11.8. The highest BCUT2D eigenvalue weighted by Crippen LogP contribution is 2.33. The molecule has 0 radical (unpaired) electrons. The second-order valence-corrected chi connectivity index (χ2v) is 8.23. The summed E-state index contributed by atoms with van der Waals surface area (Å²) in [6.07, 6.45) is -1.38. The van der Waals surface area contributed by atoms with Crippen molar-refractivity contribution in [3.05, 3.63) is 70.1 Å². The van der Waals surface area contributed by atoms with Crippen LogP contribution < -0.4 is 0 Å². The van der Waals surface area contributed by atoms with Crippen LogP contribution in [0.2, 0.25) is 0 Å². The first-order chi connectivity index (χ1) is 14.0. The summed E-state index contributed by atoms with van der Waals surface area (Å²) in [5.74, 6) is -0.439. The van der Waals surface area contributed by atoms with E-state index in [1.807, 2.05) is 6.07 Å². The Kier molecular flexibility index (Phi) is 7.16. The van der Waals surface area contributed by atoms with Crippen molar-refractivity contribution in [2.24, 2.45) is 0 Å². The summed E-state index contributed by atoms with van der Waals surface area (Å²) in [6.45, 7) is 1.68. The van der Waals surface area contributed by atoms with Gasteiger partial charge in [-0.2, -0.15) is 0 Å². The molecule has 154 valence electrons. The van der Waals surface area contributed by atoms with Crippen molar-refractivity contribution < 1.29 is 24.9 Å². The van der Waals surface area contributed by atoms with E-state index in [9.17, 15) is 15.0 Å². The molecule has 2 heterocycles. The molecule has 3 aromatic rings. The fraction of sp³-hybridized carbons (Fsp3) is 0.348. The lowest BCUT2D eigenvalue weighted by molar-refractivity contribution is -0.161. The Bertz CT molecular complexity index is 947. The predicted octanol–water partition coefficient (Wildman–Crippen LogP) is 3.16. The van der Waals surface area contributed by atoms with E-state index in [1.165, 1.54) is 26.1 Å². The van der Waals surface area contributed by atoms with Crippen molar-refractivity contribution in [2.45, 2.75) is 38.1 Å². The van der Waals surface area contributed by atoms with Crippen molar-refractivity contribution in [2.75, 3.05) is 13.7 Å². The first kappa shape index (κ1) is 21.6. The number of aliphatic hydroxyl groups excluding tert-OH is 3. The third-order valence-electron chi connectivity index (χ3n) is 5.16. The second-order valence-electron chi connectivity index (χ2n) is 7.06. The van der Waals surface area contributed by atoms with Crippen LogP contribution in [-0.2, 0) is 16.0 Å². The van der Waals surface area contributed by atoms with Crippen LogP contribution in [0.3, 0.4) is 0 Å². The first-order valence-electron chi connectivity index (χ1n) is 9.55. The van der Waals surface area contributed by atoms with Crippen LogP contribution in [0.4, 0.5) is 0 Å². The van der Waals surface area contributed by atoms with Gasteiger partial charge < -0.3 is 20.1 Å². The van der Waals surface area contributed by atoms with E-state index < -0.39 is 30.7 Å². The van der Waals surface area contributed by atoms with Gasteiger partial charge in [0.25, 0.3) is 0 Å². The van der Waals surface area contributed by atoms with Gasteiger partial charge in [0.1, 0.15) is 12.2 Å². The van der Waals surface area contributed by atoms with E-state index in [4.69, 9.17) is 9.84 Å². The molecule has 4 rings (SSSR count). The number of thiophene rings is 1.